The van der Waals surface area contributed by atoms with E-state index >= 15 is 0 Å². The standard InChI is InChI=1S/C14H24N2O2/c1-2-11-4-12(3-10(17)18)7-13(15,5-11)9-14(16,6-11)8-12/h2-9,15-16H2,1H3,(H,17,18). The highest BCUT2D eigenvalue weighted by Crippen LogP contribution is 2.68. The highest BCUT2D eigenvalue weighted by atomic mass is 16.4. The van der Waals surface area contributed by atoms with E-state index in [4.69, 9.17) is 11.5 Å². The molecule has 102 valence electrons. The molecule has 2 atom stereocenters. The van der Waals surface area contributed by atoms with Crippen LogP contribution in [0.1, 0.15) is 58.3 Å². The molecule has 5 N–H and O–H groups in total. The molecule has 4 fully saturated rings. The maximum absolute atomic E-state index is 11.2. The molecule has 4 heteroatoms. The van der Waals surface area contributed by atoms with Gasteiger partial charge >= 0.3 is 5.97 Å². The zero-order valence-electron chi connectivity index (χ0n) is 11.2. The second kappa shape index (κ2) is 3.28. The molecule has 4 saturated carbocycles. The summed E-state index contributed by atoms with van der Waals surface area (Å²) in [5.41, 5.74) is 12.7. The zero-order chi connectivity index (χ0) is 13.2. The summed E-state index contributed by atoms with van der Waals surface area (Å²) >= 11 is 0. The van der Waals surface area contributed by atoms with E-state index in [1.165, 1.54) is 0 Å². The summed E-state index contributed by atoms with van der Waals surface area (Å²) < 4.78 is 0. The largest absolute Gasteiger partial charge is 0.481 e. The number of rotatable bonds is 3. The van der Waals surface area contributed by atoms with Crippen molar-refractivity contribution in [1.82, 2.24) is 0 Å². The highest BCUT2D eigenvalue weighted by molar-refractivity contribution is 5.68. The molecule has 0 spiro atoms. The third kappa shape index (κ3) is 1.69. The van der Waals surface area contributed by atoms with Crippen molar-refractivity contribution in [2.45, 2.75) is 69.4 Å². The van der Waals surface area contributed by atoms with E-state index in [-0.39, 0.29) is 28.3 Å². The number of carbonyl (C=O) groups is 1. The molecule has 4 aliphatic carbocycles. The van der Waals surface area contributed by atoms with Crippen molar-refractivity contribution < 1.29 is 9.90 Å². The molecule has 0 aromatic heterocycles. The number of carboxylic acid groups (broad SMARTS) is 1. The SMILES string of the molecule is CCC12CC3(N)CC(N)(C1)CC(CC(=O)O)(C3)C2. The van der Waals surface area contributed by atoms with Crippen LogP contribution in [0.25, 0.3) is 0 Å². The minimum atomic E-state index is -0.699. The summed E-state index contributed by atoms with van der Waals surface area (Å²) in [6.07, 6.45) is 7.00. The van der Waals surface area contributed by atoms with Gasteiger partial charge in [-0.25, -0.2) is 0 Å². The van der Waals surface area contributed by atoms with Crippen LogP contribution in [-0.2, 0) is 4.79 Å². The maximum atomic E-state index is 11.2. The molecule has 0 aromatic carbocycles. The lowest BCUT2D eigenvalue weighted by atomic mass is 9.39. The molecule has 0 aliphatic heterocycles. The fraction of sp³-hybridized carbons (Fsp3) is 0.929. The molecule has 0 aromatic rings. The molecule has 18 heavy (non-hydrogen) atoms. The lowest BCUT2D eigenvalue weighted by molar-refractivity contribution is -0.159. The van der Waals surface area contributed by atoms with Gasteiger partial charge in [-0.05, 0) is 49.4 Å². The summed E-state index contributed by atoms with van der Waals surface area (Å²) in [6, 6.07) is 0. The molecule has 4 nitrogen and oxygen atoms in total. The minimum Gasteiger partial charge on any atom is -0.481 e. The van der Waals surface area contributed by atoms with Crippen molar-refractivity contribution in [3.63, 3.8) is 0 Å². The van der Waals surface area contributed by atoms with Gasteiger partial charge in [-0.1, -0.05) is 13.3 Å². The van der Waals surface area contributed by atoms with Gasteiger partial charge in [0.15, 0.2) is 0 Å². The smallest absolute Gasteiger partial charge is 0.303 e. The topological polar surface area (TPSA) is 89.3 Å². The Kier molecular flexibility index (Phi) is 2.27. The first-order valence-corrected chi connectivity index (χ1v) is 7.02. The quantitative estimate of drug-likeness (QED) is 0.712. The number of aliphatic carboxylic acids is 1. The summed E-state index contributed by atoms with van der Waals surface area (Å²) in [5.74, 6) is -0.699. The van der Waals surface area contributed by atoms with Crippen LogP contribution in [0.3, 0.4) is 0 Å². The van der Waals surface area contributed by atoms with Crippen LogP contribution >= 0.6 is 0 Å². The van der Waals surface area contributed by atoms with Crippen LogP contribution in [0, 0.1) is 10.8 Å². The van der Waals surface area contributed by atoms with E-state index in [2.05, 4.69) is 6.92 Å². The Morgan fingerprint density at radius 1 is 1.00 bits per heavy atom. The highest BCUT2D eigenvalue weighted by Gasteiger charge is 2.65. The Morgan fingerprint density at radius 2 is 1.50 bits per heavy atom. The van der Waals surface area contributed by atoms with Gasteiger partial charge in [0.05, 0.1) is 6.42 Å². The third-order valence-corrected chi connectivity index (χ3v) is 5.64. The number of hydrogen-bond acceptors (Lipinski definition) is 3. The number of hydrogen-bond donors (Lipinski definition) is 3. The molecule has 0 amide bonds. The first kappa shape index (κ1) is 12.4. The summed E-state index contributed by atoms with van der Waals surface area (Å²) in [5, 5.41) is 9.22. The van der Waals surface area contributed by atoms with Gasteiger partial charge in [-0.15, -0.1) is 0 Å². The second-order valence-electron chi connectivity index (χ2n) is 7.71. The third-order valence-electron chi connectivity index (χ3n) is 5.64. The lowest BCUT2D eigenvalue weighted by Gasteiger charge is -2.69. The van der Waals surface area contributed by atoms with E-state index in [1.54, 1.807) is 0 Å². The van der Waals surface area contributed by atoms with Crippen LogP contribution in [0.4, 0.5) is 0 Å². The van der Waals surface area contributed by atoms with Crippen molar-refractivity contribution in [2.75, 3.05) is 0 Å². The van der Waals surface area contributed by atoms with Gasteiger partial charge in [0.25, 0.3) is 0 Å². The monoisotopic (exact) mass is 252 g/mol. The summed E-state index contributed by atoms with van der Waals surface area (Å²) in [6.45, 7) is 2.20. The number of carboxylic acids is 1. The average Bonchev–Trinajstić information content (AvgIpc) is 2.09. The van der Waals surface area contributed by atoms with Gasteiger partial charge in [-0.2, -0.15) is 0 Å². The molecular weight excluding hydrogens is 228 g/mol. The van der Waals surface area contributed by atoms with E-state index in [0.29, 0.717) is 0 Å². The fourth-order valence-electron chi connectivity index (χ4n) is 6.12. The van der Waals surface area contributed by atoms with Gasteiger partial charge in [0, 0.05) is 11.1 Å². The minimum absolute atomic E-state index is 0.139. The molecule has 4 bridgehead atoms. The molecule has 4 aliphatic rings. The van der Waals surface area contributed by atoms with E-state index in [1.807, 2.05) is 0 Å². The van der Waals surface area contributed by atoms with E-state index in [9.17, 15) is 9.90 Å². The maximum Gasteiger partial charge on any atom is 0.303 e. The normalized spacial score (nSPS) is 53.7. The van der Waals surface area contributed by atoms with Crippen LogP contribution in [0.2, 0.25) is 0 Å². The van der Waals surface area contributed by atoms with Crippen LogP contribution in [0.15, 0.2) is 0 Å². The Bertz CT molecular complexity index is 389. The molecule has 0 radical (unpaired) electrons. The van der Waals surface area contributed by atoms with Crippen molar-refractivity contribution in [2.24, 2.45) is 22.3 Å². The van der Waals surface area contributed by atoms with Crippen molar-refractivity contribution in [1.29, 1.82) is 0 Å². The molecule has 2 unspecified atom stereocenters. The van der Waals surface area contributed by atoms with Crippen LogP contribution in [0.5, 0.6) is 0 Å². The van der Waals surface area contributed by atoms with Gasteiger partial charge < -0.3 is 16.6 Å². The van der Waals surface area contributed by atoms with E-state index < -0.39 is 5.97 Å². The van der Waals surface area contributed by atoms with Gasteiger partial charge in [-0.3, -0.25) is 4.79 Å². The Morgan fingerprint density at radius 3 is 1.94 bits per heavy atom. The summed E-state index contributed by atoms with van der Waals surface area (Å²) in [4.78, 5) is 11.2. The predicted octanol–water partition coefficient (Wildman–Crippen LogP) is 1.62. The predicted molar refractivity (Wildman–Crippen MR) is 68.9 cm³/mol. The Balaban J connectivity index is 2.02. The average molecular weight is 252 g/mol. The van der Waals surface area contributed by atoms with Crippen LogP contribution < -0.4 is 11.5 Å². The van der Waals surface area contributed by atoms with Crippen molar-refractivity contribution in [3.05, 3.63) is 0 Å². The van der Waals surface area contributed by atoms with Crippen LogP contribution in [-0.4, -0.2) is 22.2 Å². The van der Waals surface area contributed by atoms with Crippen molar-refractivity contribution in [3.8, 4) is 0 Å². The Labute approximate surface area is 108 Å². The molecule has 0 saturated heterocycles. The first-order valence-electron chi connectivity index (χ1n) is 7.02. The lowest BCUT2D eigenvalue weighted by Crippen LogP contribution is -2.72. The molecular formula is C14H24N2O2. The molecule has 4 rings (SSSR count). The fourth-order valence-corrected chi connectivity index (χ4v) is 6.12. The van der Waals surface area contributed by atoms with Crippen molar-refractivity contribution >= 4 is 5.97 Å². The number of nitrogens with two attached hydrogens (primary N) is 2. The van der Waals surface area contributed by atoms with E-state index in [0.717, 1.165) is 44.9 Å². The molecule has 0 heterocycles. The zero-order valence-corrected chi connectivity index (χ0v) is 11.2. The summed E-state index contributed by atoms with van der Waals surface area (Å²) in [7, 11) is 0. The second-order valence-corrected chi connectivity index (χ2v) is 7.71. The van der Waals surface area contributed by atoms with Gasteiger partial charge in [0.1, 0.15) is 0 Å². The Hall–Kier alpha value is -0.610. The van der Waals surface area contributed by atoms with Gasteiger partial charge in [0.2, 0.25) is 0 Å². The first-order chi connectivity index (χ1) is 8.22.